The molecule has 1 aromatic carbocycles. The molecular formula is C12H17OS. The van der Waals surface area contributed by atoms with E-state index in [0.29, 0.717) is 0 Å². The van der Waals surface area contributed by atoms with Crippen LogP contribution in [0.15, 0.2) is 29.2 Å². The van der Waals surface area contributed by atoms with Crippen LogP contribution in [0.4, 0.5) is 0 Å². The van der Waals surface area contributed by atoms with E-state index in [-0.39, 0.29) is 10.5 Å². The van der Waals surface area contributed by atoms with Crippen molar-refractivity contribution in [1.82, 2.24) is 0 Å². The summed E-state index contributed by atoms with van der Waals surface area (Å²) in [7, 11) is 0. The molecule has 0 bridgehead atoms. The fraction of sp³-hybridized carbons (Fsp3) is 0.500. The molecule has 0 fully saturated rings. The molecule has 0 unspecified atom stereocenters. The van der Waals surface area contributed by atoms with E-state index in [1.807, 2.05) is 23.9 Å². The zero-order chi connectivity index (χ0) is 10.6. The lowest BCUT2D eigenvalue weighted by Gasteiger charge is -2.23. The topological polar surface area (TPSA) is 19.9 Å². The van der Waals surface area contributed by atoms with E-state index < -0.39 is 0 Å². The van der Waals surface area contributed by atoms with Crippen molar-refractivity contribution in [2.45, 2.75) is 43.3 Å². The lowest BCUT2D eigenvalue weighted by molar-refractivity contribution is 0.354. The van der Waals surface area contributed by atoms with Crippen LogP contribution in [-0.2, 0) is 5.11 Å². The molecule has 0 heterocycles. The molecule has 0 amide bonds. The van der Waals surface area contributed by atoms with Gasteiger partial charge in [0.2, 0.25) is 0 Å². The molecule has 0 aromatic heterocycles. The zero-order valence-electron chi connectivity index (χ0n) is 9.04. The Morgan fingerprint density at radius 3 is 2.29 bits per heavy atom. The summed E-state index contributed by atoms with van der Waals surface area (Å²) in [4.78, 5) is 1.18. The van der Waals surface area contributed by atoms with Gasteiger partial charge in [0.25, 0.3) is 0 Å². The van der Waals surface area contributed by atoms with Crippen LogP contribution < -0.4 is 0 Å². The van der Waals surface area contributed by atoms with Crippen molar-refractivity contribution in [3.8, 4) is 5.75 Å². The summed E-state index contributed by atoms with van der Waals surface area (Å²) >= 11 is 1.84. The summed E-state index contributed by atoms with van der Waals surface area (Å²) in [6, 6.07) is 7.07. The average Bonchev–Trinajstić information content (AvgIpc) is 2.08. The second-order valence-electron chi connectivity index (χ2n) is 4.08. The Kier molecular flexibility index (Phi) is 3.87. The molecule has 77 valence electrons. The van der Waals surface area contributed by atoms with E-state index in [0.717, 1.165) is 0 Å². The second kappa shape index (κ2) is 4.74. The van der Waals surface area contributed by atoms with Crippen LogP contribution in [0.2, 0.25) is 0 Å². The average molecular weight is 209 g/mol. The third-order valence-electron chi connectivity index (χ3n) is 2.07. The Bertz CT molecular complexity index is 277. The van der Waals surface area contributed by atoms with Crippen LogP contribution in [0.3, 0.4) is 0 Å². The van der Waals surface area contributed by atoms with Gasteiger partial charge in [-0.3, -0.25) is 5.11 Å². The van der Waals surface area contributed by atoms with Gasteiger partial charge in [-0.1, -0.05) is 27.2 Å². The minimum absolute atomic E-state index is 0.0858. The molecule has 1 radical (unpaired) electrons. The molecule has 0 aliphatic heterocycles. The fourth-order valence-corrected chi connectivity index (χ4v) is 2.70. The van der Waals surface area contributed by atoms with Gasteiger partial charge < -0.3 is 0 Å². The first-order valence-corrected chi connectivity index (χ1v) is 5.81. The summed E-state index contributed by atoms with van der Waals surface area (Å²) in [5.41, 5.74) is 0. The quantitative estimate of drug-likeness (QED) is 0.668. The van der Waals surface area contributed by atoms with E-state index in [2.05, 4.69) is 20.8 Å². The monoisotopic (exact) mass is 209 g/mol. The maximum absolute atomic E-state index is 10.9. The standard InChI is InChI=1S/C12H17OS/c1-4-9-12(2,3)14-11-7-5-10(13)6-8-11/h5-8H,4,9H2,1-3H3. The minimum atomic E-state index is 0.0858. The first-order valence-electron chi connectivity index (χ1n) is 4.99. The van der Waals surface area contributed by atoms with Crippen molar-refractivity contribution < 1.29 is 5.11 Å². The van der Waals surface area contributed by atoms with Crippen molar-refractivity contribution in [2.75, 3.05) is 0 Å². The van der Waals surface area contributed by atoms with Gasteiger partial charge in [-0.15, -0.1) is 11.8 Å². The maximum atomic E-state index is 10.9. The van der Waals surface area contributed by atoms with Crippen LogP contribution in [0.5, 0.6) is 5.75 Å². The molecule has 14 heavy (non-hydrogen) atoms. The van der Waals surface area contributed by atoms with Crippen molar-refractivity contribution in [3.63, 3.8) is 0 Å². The normalized spacial score (nSPS) is 11.6. The Labute approximate surface area is 90.5 Å². The fourth-order valence-electron chi connectivity index (χ4n) is 1.48. The number of thioether (sulfide) groups is 1. The smallest absolute Gasteiger partial charge is 0.178 e. The molecule has 0 spiro atoms. The van der Waals surface area contributed by atoms with Crippen LogP contribution in [0.25, 0.3) is 0 Å². The number of rotatable bonds is 4. The summed E-state index contributed by atoms with van der Waals surface area (Å²) in [6.45, 7) is 6.68. The molecule has 0 saturated heterocycles. The van der Waals surface area contributed by atoms with Crippen LogP contribution in [0, 0.1) is 0 Å². The molecule has 1 nitrogen and oxygen atoms in total. The highest BCUT2D eigenvalue weighted by Crippen LogP contribution is 2.36. The van der Waals surface area contributed by atoms with Gasteiger partial charge in [0, 0.05) is 9.64 Å². The molecule has 2 heteroatoms. The highest BCUT2D eigenvalue weighted by molar-refractivity contribution is 8.00. The molecular weight excluding hydrogens is 192 g/mol. The van der Waals surface area contributed by atoms with Gasteiger partial charge in [0.15, 0.2) is 5.75 Å². The predicted octanol–water partition coefficient (Wildman–Crippen LogP) is 4.50. The zero-order valence-corrected chi connectivity index (χ0v) is 9.86. The predicted molar refractivity (Wildman–Crippen MR) is 61.4 cm³/mol. The second-order valence-corrected chi connectivity index (χ2v) is 5.86. The maximum Gasteiger partial charge on any atom is 0.178 e. The van der Waals surface area contributed by atoms with Gasteiger partial charge in [-0.25, -0.2) is 0 Å². The SMILES string of the molecule is CCCC(C)(C)Sc1ccc([O])cc1. The van der Waals surface area contributed by atoms with E-state index in [1.54, 1.807) is 12.1 Å². The van der Waals surface area contributed by atoms with E-state index >= 15 is 0 Å². The Hall–Kier alpha value is -0.630. The van der Waals surface area contributed by atoms with Crippen molar-refractivity contribution in [3.05, 3.63) is 24.3 Å². The van der Waals surface area contributed by atoms with Crippen LogP contribution in [0.1, 0.15) is 33.6 Å². The van der Waals surface area contributed by atoms with Crippen molar-refractivity contribution in [1.29, 1.82) is 0 Å². The van der Waals surface area contributed by atoms with Crippen molar-refractivity contribution >= 4 is 11.8 Å². The van der Waals surface area contributed by atoms with Gasteiger partial charge in [-0.2, -0.15) is 0 Å². The third kappa shape index (κ3) is 3.62. The highest BCUT2D eigenvalue weighted by atomic mass is 32.2. The van der Waals surface area contributed by atoms with E-state index in [4.69, 9.17) is 0 Å². The van der Waals surface area contributed by atoms with Crippen molar-refractivity contribution in [2.24, 2.45) is 0 Å². The highest BCUT2D eigenvalue weighted by Gasteiger charge is 2.17. The lowest BCUT2D eigenvalue weighted by atomic mass is 10.1. The number of hydrogen-bond acceptors (Lipinski definition) is 1. The molecule has 0 N–H and O–H groups in total. The molecule has 0 atom stereocenters. The molecule has 0 saturated carbocycles. The summed E-state index contributed by atoms with van der Waals surface area (Å²) in [5, 5.41) is 10.9. The van der Waals surface area contributed by atoms with Gasteiger partial charge in [0.05, 0.1) is 0 Å². The molecule has 0 aliphatic carbocycles. The molecule has 1 aromatic rings. The largest absolute Gasteiger partial charge is 0.290 e. The van der Waals surface area contributed by atoms with Gasteiger partial charge >= 0.3 is 0 Å². The first kappa shape index (κ1) is 11.4. The number of benzene rings is 1. The molecule has 0 aliphatic rings. The summed E-state index contributed by atoms with van der Waals surface area (Å²) in [5.74, 6) is 0.0858. The van der Waals surface area contributed by atoms with Gasteiger partial charge in [-0.05, 0) is 30.7 Å². The minimum Gasteiger partial charge on any atom is -0.290 e. The third-order valence-corrected chi connectivity index (χ3v) is 3.33. The Morgan fingerprint density at radius 1 is 1.21 bits per heavy atom. The Balaban J connectivity index is 2.64. The van der Waals surface area contributed by atoms with Gasteiger partial charge in [0.1, 0.15) is 0 Å². The van der Waals surface area contributed by atoms with Crippen LogP contribution >= 0.6 is 11.8 Å². The lowest BCUT2D eigenvalue weighted by Crippen LogP contribution is -2.13. The number of hydrogen-bond donors (Lipinski definition) is 0. The summed E-state index contributed by atoms with van der Waals surface area (Å²) < 4.78 is 0.263. The first-order chi connectivity index (χ1) is 6.53. The summed E-state index contributed by atoms with van der Waals surface area (Å²) in [6.07, 6.45) is 2.39. The Morgan fingerprint density at radius 2 is 1.79 bits per heavy atom. The van der Waals surface area contributed by atoms with Crippen LogP contribution in [-0.4, -0.2) is 4.75 Å². The van der Waals surface area contributed by atoms with E-state index in [1.165, 1.54) is 17.7 Å². The molecule has 1 rings (SSSR count). The van der Waals surface area contributed by atoms with E-state index in [9.17, 15) is 5.11 Å².